The summed E-state index contributed by atoms with van der Waals surface area (Å²) in [5, 5.41) is 0.551. The minimum Gasteiger partial charge on any atom is -0.363 e. The summed E-state index contributed by atoms with van der Waals surface area (Å²) in [6.07, 6.45) is 4.41. The Bertz CT molecular complexity index is 365. The third-order valence-electron chi connectivity index (χ3n) is 3.49. The van der Waals surface area contributed by atoms with E-state index in [1.807, 2.05) is 18.3 Å². The van der Waals surface area contributed by atoms with E-state index >= 15 is 0 Å². The fourth-order valence-corrected chi connectivity index (χ4v) is 2.80. The molecule has 0 bridgehead atoms. The molecule has 1 aliphatic heterocycles. The normalized spacial score (nSPS) is 32.9. The first-order chi connectivity index (χ1) is 7.29. The number of hydrogen-bond acceptors (Lipinski definition) is 3. The maximum Gasteiger partial charge on any atom is 0.129 e. The molecule has 3 rings (SSSR count). The lowest BCUT2D eigenvalue weighted by atomic mass is 10.1. The number of halogens is 1. The van der Waals surface area contributed by atoms with Gasteiger partial charge in [-0.15, -0.1) is 0 Å². The molecule has 1 saturated heterocycles. The zero-order valence-electron chi connectivity index (χ0n) is 8.44. The molecule has 2 heterocycles. The highest BCUT2D eigenvalue weighted by Gasteiger charge is 2.51. The van der Waals surface area contributed by atoms with Crippen molar-refractivity contribution in [1.29, 1.82) is 0 Å². The van der Waals surface area contributed by atoms with Crippen LogP contribution >= 0.6 is 11.6 Å². The number of fused-ring (bicyclic) bond motifs is 1. The Morgan fingerprint density at radius 3 is 3.00 bits per heavy atom. The molecule has 3 atom stereocenters. The van der Waals surface area contributed by atoms with Gasteiger partial charge >= 0.3 is 0 Å². The van der Waals surface area contributed by atoms with Gasteiger partial charge in [-0.05, 0) is 30.9 Å². The van der Waals surface area contributed by atoms with Crippen molar-refractivity contribution >= 4 is 17.3 Å². The molecule has 1 aromatic rings. The summed E-state index contributed by atoms with van der Waals surface area (Å²) in [7, 11) is 0. The average molecular weight is 224 g/mol. The van der Waals surface area contributed by atoms with Gasteiger partial charge in [-0.2, -0.15) is 0 Å². The molecule has 3 unspecified atom stereocenters. The lowest BCUT2D eigenvalue weighted by Gasteiger charge is -2.28. The van der Waals surface area contributed by atoms with Crippen molar-refractivity contribution in [2.45, 2.75) is 24.9 Å². The van der Waals surface area contributed by atoms with Gasteiger partial charge in [0.2, 0.25) is 0 Å². The Balaban J connectivity index is 1.88. The zero-order chi connectivity index (χ0) is 10.4. The highest BCUT2D eigenvalue weighted by Crippen LogP contribution is 2.49. The number of aromatic nitrogens is 1. The second kappa shape index (κ2) is 3.35. The molecule has 0 aromatic carbocycles. The van der Waals surface area contributed by atoms with Gasteiger partial charge in [0.15, 0.2) is 0 Å². The number of piperidine rings is 1. The first-order valence-electron chi connectivity index (χ1n) is 5.39. The standard InChI is InChI=1S/C11H14ClN3/c12-11-2-1-8(6-14-11)15-9(5-13)3-7-4-10(7)15/h1-2,6-7,9-10H,3-5,13H2. The van der Waals surface area contributed by atoms with Crippen molar-refractivity contribution in [3.8, 4) is 0 Å². The van der Waals surface area contributed by atoms with Gasteiger partial charge in [-0.3, -0.25) is 0 Å². The van der Waals surface area contributed by atoms with E-state index in [-0.39, 0.29) is 0 Å². The second-order valence-corrected chi connectivity index (χ2v) is 4.82. The van der Waals surface area contributed by atoms with E-state index < -0.39 is 0 Å². The molecule has 3 nitrogen and oxygen atoms in total. The lowest BCUT2D eigenvalue weighted by Crippen LogP contribution is -2.38. The van der Waals surface area contributed by atoms with Gasteiger partial charge in [0.1, 0.15) is 5.15 Å². The smallest absolute Gasteiger partial charge is 0.129 e. The summed E-state index contributed by atoms with van der Waals surface area (Å²) in [5.74, 6) is 0.870. The Labute approximate surface area is 94.2 Å². The summed E-state index contributed by atoms with van der Waals surface area (Å²) < 4.78 is 0. The van der Waals surface area contributed by atoms with Gasteiger partial charge in [0, 0.05) is 18.6 Å². The fraction of sp³-hybridized carbons (Fsp3) is 0.545. The van der Waals surface area contributed by atoms with Crippen LogP contribution in [0.1, 0.15) is 12.8 Å². The van der Waals surface area contributed by atoms with Gasteiger partial charge in [-0.25, -0.2) is 4.98 Å². The lowest BCUT2D eigenvalue weighted by molar-refractivity contribution is 0.606. The van der Waals surface area contributed by atoms with Crippen molar-refractivity contribution in [1.82, 2.24) is 4.98 Å². The average Bonchev–Trinajstić information content (AvgIpc) is 2.92. The molecule has 0 spiro atoms. The predicted octanol–water partition coefficient (Wildman–Crippen LogP) is 1.66. The van der Waals surface area contributed by atoms with Crippen LogP contribution in [0.5, 0.6) is 0 Å². The van der Waals surface area contributed by atoms with Crippen LogP contribution in [0.15, 0.2) is 18.3 Å². The third kappa shape index (κ3) is 1.50. The van der Waals surface area contributed by atoms with E-state index in [0.717, 1.165) is 12.5 Å². The molecule has 15 heavy (non-hydrogen) atoms. The van der Waals surface area contributed by atoms with Crippen LogP contribution in [0.25, 0.3) is 0 Å². The zero-order valence-corrected chi connectivity index (χ0v) is 9.19. The van der Waals surface area contributed by atoms with Crippen molar-refractivity contribution in [3.05, 3.63) is 23.5 Å². The Morgan fingerprint density at radius 2 is 2.33 bits per heavy atom. The summed E-state index contributed by atoms with van der Waals surface area (Å²) >= 11 is 5.78. The SMILES string of the molecule is NCC1CC2CC2N1c1ccc(Cl)nc1. The highest BCUT2D eigenvalue weighted by molar-refractivity contribution is 6.29. The van der Waals surface area contributed by atoms with Crippen LogP contribution in [0.3, 0.4) is 0 Å². The van der Waals surface area contributed by atoms with Crippen LogP contribution < -0.4 is 10.6 Å². The molecule has 4 heteroatoms. The fourth-order valence-electron chi connectivity index (χ4n) is 2.69. The first kappa shape index (κ1) is 9.43. The Kier molecular flexibility index (Phi) is 2.11. The van der Waals surface area contributed by atoms with Crippen molar-refractivity contribution in [2.75, 3.05) is 11.4 Å². The number of hydrogen-bond donors (Lipinski definition) is 1. The number of nitrogens with two attached hydrogens (primary N) is 1. The van der Waals surface area contributed by atoms with Gasteiger partial charge in [-0.1, -0.05) is 11.6 Å². The highest BCUT2D eigenvalue weighted by atomic mass is 35.5. The van der Waals surface area contributed by atoms with Gasteiger partial charge in [0.05, 0.1) is 11.9 Å². The van der Waals surface area contributed by atoms with Crippen LogP contribution in [0.4, 0.5) is 5.69 Å². The van der Waals surface area contributed by atoms with Crippen molar-refractivity contribution in [2.24, 2.45) is 11.7 Å². The number of pyridine rings is 1. The molecule has 0 radical (unpaired) electrons. The van der Waals surface area contributed by atoms with E-state index in [1.165, 1.54) is 18.5 Å². The first-order valence-corrected chi connectivity index (χ1v) is 5.77. The molecule has 0 amide bonds. The number of nitrogens with zero attached hydrogens (tertiary/aromatic N) is 2. The summed E-state index contributed by atoms with van der Waals surface area (Å²) in [6.45, 7) is 0.732. The maximum atomic E-state index is 5.79. The molecule has 2 fully saturated rings. The predicted molar refractivity (Wildman–Crippen MR) is 61.1 cm³/mol. The Hall–Kier alpha value is -0.800. The van der Waals surface area contributed by atoms with E-state index in [9.17, 15) is 0 Å². The quantitative estimate of drug-likeness (QED) is 0.776. The molecular formula is C11H14ClN3. The number of anilines is 1. The Morgan fingerprint density at radius 1 is 1.47 bits per heavy atom. The molecule has 1 aromatic heterocycles. The third-order valence-corrected chi connectivity index (χ3v) is 3.72. The van der Waals surface area contributed by atoms with Crippen LogP contribution in [-0.4, -0.2) is 23.6 Å². The molecule has 2 aliphatic rings. The minimum absolute atomic E-state index is 0.497. The van der Waals surface area contributed by atoms with Crippen LogP contribution in [0, 0.1) is 5.92 Å². The van der Waals surface area contributed by atoms with E-state index in [2.05, 4.69) is 9.88 Å². The second-order valence-electron chi connectivity index (χ2n) is 4.43. The molecule has 80 valence electrons. The van der Waals surface area contributed by atoms with E-state index in [1.54, 1.807) is 0 Å². The van der Waals surface area contributed by atoms with Crippen molar-refractivity contribution in [3.63, 3.8) is 0 Å². The molecule has 1 aliphatic carbocycles. The summed E-state index contributed by atoms with van der Waals surface area (Å²) in [6, 6.07) is 5.09. The number of rotatable bonds is 2. The van der Waals surface area contributed by atoms with E-state index in [4.69, 9.17) is 17.3 Å². The minimum atomic E-state index is 0.497. The monoisotopic (exact) mass is 223 g/mol. The summed E-state index contributed by atoms with van der Waals surface area (Å²) in [5.41, 5.74) is 6.95. The maximum absolute atomic E-state index is 5.79. The van der Waals surface area contributed by atoms with Crippen LogP contribution in [-0.2, 0) is 0 Å². The molecule has 1 saturated carbocycles. The van der Waals surface area contributed by atoms with Gasteiger partial charge in [0.25, 0.3) is 0 Å². The van der Waals surface area contributed by atoms with Crippen molar-refractivity contribution < 1.29 is 0 Å². The largest absolute Gasteiger partial charge is 0.363 e. The topological polar surface area (TPSA) is 42.1 Å². The summed E-state index contributed by atoms with van der Waals surface area (Å²) in [4.78, 5) is 6.55. The van der Waals surface area contributed by atoms with E-state index in [0.29, 0.717) is 17.2 Å². The van der Waals surface area contributed by atoms with Gasteiger partial charge < -0.3 is 10.6 Å². The molecular weight excluding hydrogens is 210 g/mol. The van der Waals surface area contributed by atoms with Crippen LogP contribution in [0.2, 0.25) is 5.15 Å². The molecule has 2 N–H and O–H groups in total.